The van der Waals surface area contributed by atoms with Crippen LogP contribution in [0.15, 0.2) is 97.1 Å². The average molecular weight is 274 g/mol. The normalized spacial score (nSPS) is 9.52. The fourth-order valence-corrected chi connectivity index (χ4v) is 2.27. The Bertz CT molecular complexity index is 619. The molecule has 2 N–H and O–H groups in total. The number of hydrogen-bond donors (Lipinski definition) is 0. The van der Waals surface area contributed by atoms with Crippen LogP contribution in [0.5, 0.6) is 0 Å². The number of benzene rings is 4. The first-order chi connectivity index (χ1) is 9.93. The van der Waals surface area contributed by atoms with E-state index in [9.17, 15) is 0 Å². The summed E-state index contributed by atoms with van der Waals surface area (Å²) in [6.45, 7) is 0. The third kappa shape index (κ3) is 3.68. The number of fused-ring (bicyclic) bond motifs is 2. The molecule has 4 aromatic rings. The lowest BCUT2D eigenvalue weighted by atomic mass is 10.1. The average Bonchev–Trinajstić information content (AvgIpc) is 2.56. The lowest BCUT2D eigenvalue weighted by Crippen LogP contribution is -1.67. The van der Waals surface area contributed by atoms with Crippen LogP contribution in [0.2, 0.25) is 0 Å². The molecule has 0 aliphatic rings. The standard InChI is InChI=1S/2C10H8.H2O/c2*1-2-6-10-8-4-3-7-9(10)5-1;/h2*1-8H;1H2. The van der Waals surface area contributed by atoms with Crippen molar-refractivity contribution in [3.05, 3.63) is 97.1 Å². The number of hydrogen-bond acceptors (Lipinski definition) is 0. The fourth-order valence-electron chi connectivity index (χ4n) is 2.27. The summed E-state index contributed by atoms with van der Waals surface area (Å²) in [5.74, 6) is 0. The second kappa shape index (κ2) is 7.22. The van der Waals surface area contributed by atoms with E-state index in [4.69, 9.17) is 0 Å². The Morgan fingerprint density at radius 3 is 0.571 bits per heavy atom. The molecule has 0 aliphatic carbocycles. The van der Waals surface area contributed by atoms with E-state index in [1.807, 2.05) is 0 Å². The molecule has 0 fully saturated rings. The summed E-state index contributed by atoms with van der Waals surface area (Å²) in [4.78, 5) is 0. The zero-order chi connectivity index (χ0) is 13.6. The van der Waals surface area contributed by atoms with Crippen molar-refractivity contribution in [3.8, 4) is 0 Å². The van der Waals surface area contributed by atoms with Gasteiger partial charge in [0.05, 0.1) is 0 Å². The molecule has 21 heavy (non-hydrogen) atoms. The minimum absolute atomic E-state index is 0. The van der Waals surface area contributed by atoms with Gasteiger partial charge in [-0.15, -0.1) is 0 Å². The SMILES string of the molecule is O.c1ccc2ccccc2c1.c1ccc2ccccc2c1. The van der Waals surface area contributed by atoms with Crippen molar-refractivity contribution in [2.75, 3.05) is 0 Å². The highest BCUT2D eigenvalue weighted by Gasteiger charge is 1.86. The quantitative estimate of drug-likeness (QED) is 0.439. The molecule has 0 amide bonds. The molecular formula is C20H18O. The molecular weight excluding hydrogens is 256 g/mol. The first-order valence-electron chi connectivity index (χ1n) is 6.81. The Balaban J connectivity index is 0.000000147. The zero-order valence-electron chi connectivity index (χ0n) is 11.7. The van der Waals surface area contributed by atoms with Crippen LogP contribution in [0.4, 0.5) is 0 Å². The van der Waals surface area contributed by atoms with Gasteiger partial charge in [0.25, 0.3) is 0 Å². The van der Waals surface area contributed by atoms with Crippen LogP contribution in [0.3, 0.4) is 0 Å². The van der Waals surface area contributed by atoms with E-state index in [0.717, 1.165) is 0 Å². The van der Waals surface area contributed by atoms with E-state index in [1.165, 1.54) is 21.5 Å². The van der Waals surface area contributed by atoms with Crippen molar-refractivity contribution in [2.45, 2.75) is 0 Å². The maximum absolute atomic E-state index is 2.12. The van der Waals surface area contributed by atoms with Crippen molar-refractivity contribution >= 4 is 21.5 Å². The van der Waals surface area contributed by atoms with Gasteiger partial charge in [-0.25, -0.2) is 0 Å². The number of rotatable bonds is 0. The fraction of sp³-hybridized carbons (Fsp3) is 0. The van der Waals surface area contributed by atoms with E-state index in [-0.39, 0.29) is 5.48 Å². The monoisotopic (exact) mass is 274 g/mol. The van der Waals surface area contributed by atoms with Gasteiger partial charge in [0.15, 0.2) is 0 Å². The summed E-state index contributed by atoms with van der Waals surface area (Å²) in [5.41, 5.74) is 0. The third-order valence-corrected chi connectivity index (χ3v) is 3.32. The maximum Gasteiger partial charge on any atom is -0.0184 e. The Morgan fingerprint density at radius 1 is 0.286 bits per heavy atom. The lowest BCUT2D eigenvalue weighted by molar-refractivity contribution is 0.824. The van der Waals surface area contributed by atoms with Crippen LogP contribution in [-0.4, -0.2) is 5.48 Å². The minimum atomic E-state index is 0. The second-order valence-electron chi connectivity index (χ2n) is 4.69. The molecule has 0 saturated heterocycles. The zero-order valence-corrected chi connectivity index (χ0v) is 11.7. The molecule has 1 nitrogen and oxygen atoms in total. The van der Waals surface area contributed by atoms with Gasteiger partial charge >= 0.3 is 0 Å². The van der Waals surface area contributed by atoms with Gasteiger partial charge in [-0.3, -0.25) is 0 Å². The van der Waals surface area contributed by atoms with Crippen molar-refractivity contribution < 1.29 is 5.48 Å². The predicted molar refractivity (Wildman–Crippen MR) is 91.5 cm³/mol. The van der Waals surface area contributed by atoms with Crippen molar-refractivity contribution in [2.24, 2.45) is 0 Å². The van der Waals surface area contributed by atoms with Gasteiger partial charge in [0.1, 0.15) is 0 Å². The largest absolute Gasteiger partial charge is 0.412 e. The predicted octanol–water partition coefficient (Wildman–Crippen LogP) is 4.85. The molecule has 104 valence electrons. The van der Waals surface area contributed by atoms with E-state index in [2.05, 4.69) is 97.1 Å². The lowest BCUT2D eigenvalue weighted by Gasteiger charge is -1.92. The third-order valence-electron chi connectivity index (χ3n) is 3.32. The Hall–Kier alpha value is -2.64. The molecule has 0 unspecified atom stereocenters. The highest BCUT2D eigenvalue weighted by Crippen LogP contribution is 2.11. The van der Waals surface area contributed by atoms with Crippen LogP contribution in [0.1, 0.15) is 0 Å². The van der Waals surface area contributed by atoms with Crippen LogP contribution in [0, 0.1) is 0 Å². The second-order valence-corrected chi connectivity index (χ2v) is 4.69. The molecule has 0 aliphatic heterocycles. The van der Waals surface area contributed by atoms with Crippen LogP contribution >= 0.6 is 0 Å². The molecule has 0 bridgehead atoms. The molecule has 0 heterocycles. The Labute approximate surface area is 124 Å². The van der Waals surface area contributed by atoms with E-state index in [0.29, 0.717) is 0 Å². The van der Waals surface area contributed by atoms with E-state index < -0.39 is 0 Å². The molecule has 0 aromatic heterocycles. The summed E-state index contributed by atoms with van der Waals surface area (Å²) >= 11 is 0. The maximum atomic E-state index is 2.12. The minimum Gasteiger partial charge on any atom is -0.412 e. The van der Waals surface area contributed by atoms with Crippen LogP contribution in [0.25, 0.3) is 21.5 Å². The van der Waals surface area contributed by atoms with Crippen LogP contribution < -0.4 is 0 Å². The van der Waals surface area contributed by atoms with E-state index >= 15 is 0 Å². The van der Waals surface area contributed by atoms with Gasteiger partial charge in [0, 0.05) is 0 Å². The van der Waals surface area contributed by atoms with Crippen molar-refractivity contribution in [1.82, 2.24) is 0 Å². The highest BCUT2D eigenvalue weighted by molar-refractivity contribution is 5.82. The molecule has 0 saturated carbocycles. The summed E-state index contributed by atoms with van der Waals surface area (Å²) in [6, 6.07) is 33.4. The van der Waals surface area contributed by atoms with Gasteiger partial charge in [-0.05, 0) is 21.5 Å². The van der Waals surface area contributed by atoms with E-state index in [1.54, 1.807) is 0 Å². The molecule has 0 spiro atoms. The Morgan fingerprint density at radius 2 is 0.429 bits per heavy atom. The molecule has 1 heteroatoms. The Kier molecular flexibility index (Phi) is 5.08. The molecule has 4 rings (SSSR count). The van der Waals surface area contributed by atoms with Gasteiger partial charge < -0.3 is 5.48 Å². The van der Waals surface area contributed by atoms with Crippen molar-refractivity contribution in [1.29, 1.82) is 0 Å². The van der Waals surface area contributed by atoms with Gasteiger partial charge in [-0.1, -0.05) is 97.1 Å². The van der Waals surface area contributed by atoms with Crippen molar-refractivity contribution in [3.63, 3.8) is 0 Å². The summed E-state index contributed by atoms with van der Waals surface area (Å²) in [6.07, 6.45) is 0. The molecule has 0 radical (unpaired) electrons. The smallest absolute Gasteiger partial charge is 0.0184 e. The molecule has 0 atom stereocenters. The topological polar surface area (TPSA) is 31.5 Å². The van der Waals surface area contributed by atoms with Gasteiger partial charge in [-0.2, -0.15) is 0 Å². The first kappa shape index (κ1) is 14.8. The summed E-state index contributed by atoms with van der Waals surface area (Å²) in [7, 11) is 0. The van der Waals surface area contributed by atoms with Gasteiger partial charge in [0.2, 0.25) is 0 Å². The summed E-state index contributed by atoms with van der Waals surface area (Å²) < 4.78 is 0. The summed E-state index contributed by atoms with van der Waals surface area (Å²) in [5, 5.41) is 5.24. The first-order valence-corrected chi connectivity index (χ1v) is 6.81. The van der Waals surface area contributed by atoms with Crippen LogP contribution in [-0.2, 0) is 0 Å². The highest BCUT2D eigenvalue weighted by atomic mass is 16.0. The molecule has 4 aromatic carbocycles.